The Kier molecular flexibility index (Phi) is 6.50. The van der Waals surface area contributed by atoms with Gasteiger partial charge in [-0.3, -0.25) is 9.78 Å². The fraction of sp³-hybridized carbons (Fsp3) is 0.150. The molecule has 1 heterocycles. The zero-order valence-electron chi connectivity index (χ0n) is 16.0. The van der Waals surface area contributed by atoms with E-state index >= 15 is 0 Å². The number of hydrogen-bond donors (Lipinski definition) is 2. The van der Waals surface area contributed by atoms with E-state index in [0.29, 0.717) is 17.2 Å². The molecule has 150 valence electrons. The van der Waals surface area contributed by atoms with E-state index in [9.17, 15) is 4.79 Å². The van der Waals surface area contributed by atoms with Crippen molar-refractivity contribution in [3.8, 4) is 28.5 Å². The number of hydrogen-bond acceptors (Lipinski definition) is 7. The molecule has 0 aliphatic heterocycles. The van der Waals surface area contributed by atoms with Crippen LogP contribution in [-0.2, 0) is 0 Å². The number of rotatable bonds is 7. The molecule has 3 aromatic rings. The van der Waals surface area contributed by atoms with Crippen LogP contribution < -0.4 is 25.2 Å². The fourth-order valence-electron chi connectivity index (χ4n) is 2.60. The molecule has 0 aliphatic carbocycles. The van der Waals surface area contributed by atoms with Crippen LogP contribution in [0.5, 0.6) is 17.2 Å². The molecule has 8 nitrogen and oxygen atoms in total. The summed E-state index contributed by atoms with van der Waals surface area (Å²) >= 11 is 3.44. The number of ether oxygens (including phenoxy) is 3. The number of anilines is 1. The minimum Gasteiger partial charge on any atom is -0.497 e. The van der Waals surface area contributed by atoms with E-state index in [2.05, 4.69) is 36.4 Å². The number of nitrogens with one attached hydrogen (secondary N) is 2. The Balaban J connectivity index is 1.81. The third kappa shape index (κ3) is 4.94. The van der Waals surface area contributed by atoms with E-state index in [1.807, 2.05) is 18.2 Å². The van der Waals surface area contributed by atoms with Crippen molar-refractivity contribution in [2.75, 3.05) is 26.8 Å². The highest BCUT2D eigenvalue weighted by Gasteiger charge is 2.09. The van der Waals surface area contributed by atoms with E-state index in [1.54, 1.807) is 45.7 Å². The van der Waals surface area contributed by atoms with Crippen LogP contribution in [-0.4, -0.2) is 37.5 Å². The van der Waals surface area contributed by atoms with Crippen molar-refractivity contribution in [1.82, 2.24) is 9.97 Å². The lowest BCUT2D eigenvalue weighted by Crippen LogP contribution is -2.10. The predicted octanol–water partition coefficient (Wildman–Crippen LogP) is 3.67. The first kappa shape index (κ1) is 20.4. The second kappa shape index (κ2) is 9.24. The van der Waals surface area contributed by atoms with Crippen LogP contribution >= 0.6 is 15.9 Å². The molecular formula is C20H19BrN4O4. The largest absolute Gasteiger partial charge is 0.497 e. The van der Waals surface area contributed by atoms with Crippen molar-refractivity contribution < 1.29 is 14.2 Å². The van der Waals surface area contributed by atoms with Crippen molar-refractivity contribution in [1.29, 1.82) is 0 Å². The van der Waals surface area contributed by atoms with E-state index in [4.69, 9.17) is 14.2 Å². The van der Waals surface area contributed by atoms with Gasteiger partial charge in [0.05, 0.1) is 37.7 Å². The Bertz CT molecular complexity index is 1080. The van der Waals surface area contributed by atoms with E-state index < -0.39 is 0 Å². The molecule has 0 saturated carbocycles. The number of aromatic amines is 1. The number of benzene rings is 2. The van der Waals surface area contributed by atoms with Crippen LogP contribution in [0.3, 0.4) is 0 Å². The van der Waals surface area contributed by atoms with Gasteiger partial charge in [-0.15, -0.1) is 0 Å². The smallest absolute Gasteiger partial charge is 0.252 e. The van der Waals surface area contributed by atoms with Gasteiger partial charge in [-0.2, -0.15) is 5.10 Å². The highest BCUT2D eigenvalue weighted by Crippen LogP contribution is 2.35. The normalized spacial score (nSPS) is 10.8. The van der Waals surface area contributed by atoms with Crippen molar-refractivity contribution in [2.24, 2.45) is 5.10 Å². The number of methoxy groups -OCH3 is 3. The van der Waals surface area contributed by atoms with Crippen LogP contribution in [0.1, 0.15) is 5.56 Å². The third-order valence-corrected chi connectivity index (χ3v) is 4.56. The molecule has 0 amide bonds. The highest BCUT2D eigenvalue weighted by atomic mass is 79.9. The van der Waals surface area contributed by atoms with Gasteiger partial charge in [-0.05, 0) is 57.9 Å². The Morgan fingerprint density at radius 2 is 1.83 bits per heavy atom. The molecule has 0 radical (unpaired) electrons. The Labute approximate surface area is 175 Å². The zero-order chi connectivity index (χ0) is 20.8. The molecule has 1 aromatic heterocycles. The van der Waals surface area contributed by atoms with Crippen LogP contribution in [0.25, 0.3) is 11.3 Å². The van der Waals surface area contributed by atoms with Gasteiger partial charge in [0, 0.05) is 11.6 Å². The van der Waals surface area contributed by atoms with E-state index in [1.165, 1.54) is 6.07 Å². The Hall–Kier alpha value is -3.33. The van der Waals surface area contributed by atoms with Gasteiger partial charge in [-0.25, -0.2) is 10.4 Å². The van der Waals surface area contributed by atoms with Gasteiger partial charge in [-0.1, -0.05) is 0 Å². The number of halogens is 1. The molecular weight excluding hydrogens is 440 g/mol. The molecule has 0 unspecified atom stereocenters. The standard InChI is InChI=1S/C20H19BrN4O4/c1-27-14-6-4-13(5-7-14)16-10-18(26)24-20(23-16)25-22-11-12-8-15(21)19(29-3)17(9-12)28-2/h4-11H,1-3H3,(H2,23,24,25,26)/b22-11-. The summed E-state index contributed by atoms with van der Waals surface area (Å²) in [6, 6.07) is 12.3. The first-order valence-corrected chi connectivity index (χ1v) is 9.29. The first-order valence-electron chi connectivity index (χ1n) is 8.50. The quantitative estimate of drug-likeness (QED) is 0.414. The second-order valence-corrected chi connectivity index (χ2v) is 6.67. The number of aromatic nitrogens is 2. The first-order chi connectivity index (χ1) is 14.0. The van der Waals surface area contributed by atoms with E-state index in [0.717, 1.165) is 21.3 Å². The van der Waals surface area contributed by atoms with Crippen LogP contribution in [0.4, 0.5) is 5.95 Å². The molecule has 2 aromatic carbocycles. The van der Waals surface area contributed by atoms with Gasteiger partial charge in [0.2, 0.25) is 5.95 Å². The molecule has 3 rings (SSSR count). The summed E-state index contributed by atoms with van der Waals surface area (Å²) in [6.45, 7) is 0. The average Bonchev–Trinajstić information content (AvgIpc) is 2.73. The van der Waals surface area contributed by atoms with Gasteiger partial charge in [0.15, 0.2) is 11.5 Å². The highest BCUT2D eigenvalue weighted by molar-refractivity contribution is 9.10. The maximum atomic E-state index is 12.0. The summed E-state index contributed by atoms with van der Waals surface area (Å²) in [6.07, 6.45) is 1.58. The lowest BCUT2D eigenvalue weighted by Gasteiger charge is -2.10. The van der Waals surface area contributed by atoms with Gasteiger partial charge >= 0.3 is 0 Å². The predicted molar refractivity (Wildman–Crippen MR) is 115 cm³/mol. The fourth-order valence-corrected chi connectivity index (χ4v) is 3.22. The zero-order valence-corrected chi connectivity index (χ0v) is 17.6. The van der Waals surface area contributed by atoms with Crippen molar-refractivity contribution in [2.45, 2.75) is 0 Å². The molecule has 0 atom stereocenters. The van der Waals surface area contributed by atoms with Gasteiger partial charge < -0.3 is 14.2 Å². The lowest BCUT2D eigenvalue weighted by atomic mass is 10.1. The minimum absolute atomic E-state index is 0.221. The second-order valence-electron chi connectivity index (χ2n) is 5.82. The molecule has 0 aliphatic rings. The van der Waals surface area contributed by atoms with Crippen LogP contribution in [0.15, 0.2) is 56.8 Å². The molecule has 0 bridgehead atoms. The number of hydrazone groups is 1. The maximum absolute atomic E-state index is 12.0. The molecule has 9 heteroatoms. The van der Waals surface area contributed by atoms with E-state index in [-0.39, 0.29) is 11.5 Å². The SMILES string of the molecule is COc1ccc(-c2cc(=O)[nH]c(N/N=C\c3cc(Br)c(OC)c(OC)c3)n2)cc1. The number of nitrogens with zero attached hydrogens (tertiary/aromatic N) is 2. The van der Waals surface area contributed by atoms with Gasteiger partial charge in [0.25, 0.3) is 5.56 Å². The Morgan fingerprint density at radius 3 is 2.48 bits per heavy atom. The van der Waals surface area contributed by atoms with Crippen molar-refractivity contribution >= 4 is 28.1 Å². The molecule has 0 fully saturated rings. The average molecular weight is 459 g/mol. The van der Waals surface area contributed by atoms with Gasteiger partial charge in [0.1, 0.15) is 5.75 Å². The summed E-state index contributed by atoms with van der Waals surface area (Å²) in [5.74, 6) is 2.11. The summed E-state index contributed by atoms with van der Waals surface area (Å²) in [5, 5.41) is 4.14. The van der Waals surface area contributed by atoms with Crippen LogP contribution in [0.2, 0.25) is 0 Å². The molecule has 2 N–H and O–H groups in total. The monoisotopic (exact) mass is 458 g/mol. The van der Waals surface area contributed by atoms with Crippen LogP contribution in [0, 0.1) is 0 Å². The summed E-state index contributed by atoms with van der Waals surface area (Å²) in [5.41, 5.74) is 4.51. The third-order valence-electron chi connectivity index (χ3n) is 3.97. The Morgan fingerprint density at radius 1 is 1.07 bits per heavy atom. The molecule has 0 saturated heterocycles. The molecule has 0 spiro atoms. The van der Waals surface area contributed by atoms with Crippen molar-refractivity contribution in [3.63, 3.8) is 0 Å². The summed E-state index contributed by atoms with van der Waals surface area (Å²) in [4.78, 5) is 19.0. The van der Waals surface area contributed by atoms with Crippen molar-refractivity contribution in [3.05, 3.63) is 62.9 Å². The topological polar surface area (TPSA) is 97.8 Å². The number of H-pyrrole nitrogens is 1. The summed E-state index contributed by atoms with van der Waals surface area (Å²) in [7, 11) is 4.72. The summed E-state index contributed by atoms with van der Waals surface area (Å²) < 4.78 is 16.5. The minimum atomic E-state index is -0.294. The molecule has 29 heavy (non-hydrogen) atoms. The maximum Gasteiger partial charge on any atom is 0.252 e. The lowest BCUT2D eigenvalue weighted by molar-refractivity contribution is 0.353.